The molecule has 1 heterocycles. The van der Waals surface area contributed by atoms with Crippen molar-refractivity contribution in [2.75, 3.05) is 6.54 Å². The molecule has 4 rings (SSSR count). The standard InChI is InChI=1S/C21H20ClFN2O2/c22-15-6-7-18(23)17(10-15)14-9-19(13-2-1-3-16(26)8-13)25(11-14)21(27)20(24)12-4-5-12/h1-3,6-10,12,19-20,26H,4-5,11,24H2/t19-,20-/m0/s1. The van der Waals surface area contributed by atoms with E-state index in [-0.39, 0.29) is 29.9 Å². The minimum Gasteiger partial charge on any atom is -0.508 e. The van der Waals surface area contributed by atoms with Crippen molar-refractivity contribution >= 4 is 23.1 Å². The molecule has 0 spiro atoms. The maximum absolute atomic E-state index is 14.4. The first-order chi connectivity index (χ1) is 12.9. The van der Waals surface area contributed by atoms with E-state index in [1.165, 1.54) is 12.1 Å². The lowest BCUT2D eigenvalue weighted by molar-refractivity contribution is -0.133. The third-order valence-electron chi connectivity index (χ3n) is 5.22. The Morgan fingerprint density at radius 1 is 1.26 bits per heavy atom. The van der Waals surface area contributed by atoms with Gasteiger partial charge < -0.3 is 15.7 Å². The second-order valence-corrected chi connectivity index (χ2v) is 7.62. The summed E-state index contributed by atoms with van der Waals surface area (Å²) in [5.41, 5.74) is 7.96. The molecule has 2 aliphatic rings. The van der Waals surface area contributed by atoms with Crippen LogP contribution < -0.4 is 5.73 Å². The zero-order valence-electron chi connectivity index (χ0n) is 14.6. The minimum atomic E-state index is -0.554. The van der Waals surface area contributed by atoms with Gasteiger partial charge in [0.25, 0.3) is 0 Å². The van der Waals surface area contributed by atoms with Gasteiger partial charge in [-0.1, -0.05) is 29.8 Å². The lowest BCUT2D eigenvalue weighted by Gasteiger charge is -2.28. The number of aromatic hydroxyl groups is 1. The van der Waals surface area contributed by atoms with Crippen LogP contribution in [0.2, 0.25) is 5.02 Å². The molecule has 1 aliphatic carbocycles. The van der Waals surface area contributed by atoms with Crippen LogP contribution in [0.5, 0.6) is 5.75 Å². The number of nitrogens with zero attached hydrogens (tertiary/aromatic N) is 1. The highest BCUT2D eigenvalue weighted by atomic mass is 35.5. The summed E-state index contributed by atoms with van der Waals surface area (Å²) in [6.45, 7) is 0.247. The van der Waals surface area contributed by atoms with Gasteiger partial charge in [-0.2, -0.15) is 0 Å². The van der Waals surface area contributed by atoms with E-state index in [1.54, 1.807) is 29.2 Å². The van der Waals surface area contributed by atoms with Gasteiger partial charge in [0.05, 0.1) is 12.1 Å². The molecule has 1 amide bonds. The van der Waals surface area contributed by atoms with Crippen LogP contribution in [0, 0.1) is 11.7 Å². The van der Waals surface area contributed by atoms with Crippen LogP contribution in [0.15, 0.2) is 48.5 Å². The van der Waals surface area contributed by atoms with Gasteiger partial charge in [0.15, 0.2) is 0 Å². The number of phenols is 1. The fourth-order valence-corrected chi connectivity index (χ4v) is 3.75. The van der Waals surface area contributed by atoms with Gasteiger partial charge in [0, 0.05) is 17.1 Å². The molecule has 1 saturated carbocycles. The molecule has 6 heteroatoms. The van der Waals surface area contributed by atoms with E-state index in [0.29, 0.717) is 16.2 Å². The van der Waals surface area contributed by atoms with Gasteiger partial charge in [-0.05, 0) is 60.2 Å². The summed E-state index contributed by atoms with van der Waals surface area (Å²) in [4.78, 5) is 14.7. The molecule has 0 unspecified atom stereocenters. The molecular formula is C21H20ClFN2O2. The number of benzene rings is 2. The third kappa shape index (κ3) is 3.57. The van der Waals surface area contributed by atoms with E-state index in [0.717, 1.165) is 18.4 Å². The average molecular weight is 387 g/mol. The lowest BCUT2D eigenvalue weighted by atomic mass is 10.0. The van der Waals surface area contributed by atoms with Crippen molar-refractivity contribution in [3.63, 3.8) is 0 Å². The number of nitrogens with two attached hydrogens (primary N) is 1. The van der Waals surface area contributed by atoms with Crippen molar-refractivity contribution in [3.8, 4) is 5.75 Å². The first kappa shape index (κ1) is 18.0. The van der Waals surface area contributed by atoms with Crippen molar-refractivity contribution in [2.24, 2.45) is 11.7 Å². The van der Waals surface area contributed by atoms with Crippen molar-refractivity contribution in [2.45, 2.75) is 24.9 Å². The molecule has 3 N–H and O–H groups in total. The molecule has 140 valence electrons. The topological polar surface area (TPSA) is 66.6 Å². The summed E-state index contributed by atoms with van der Waals surface area (Å²) in [6, 6.07) is 10.2. The van der Waals surface area contributed by atoms with Crippen molar-refractivity contribution < 1.29 is 14.3 Å². The Kier molecular flexibility index (Phi) is 4.66. The van der Waals surface area contributed by atoms with Crippen LogP contribution >= 0.6 is 11.6 Å². The third-order valence-corrected chi connectivity index (χ3v) is 5.45. The number of phenolic OH excluding ortho intramolecular Hbond substituents is 1. The van der Waals surface area contributed by atoms with Crippen LogP contribution in [0.25, 0.3) is 5.57 Å². The zero-order chi connectivity index (χ0) is 19.1. The quantitative estimate of drug-likeness (QED) is 0.837. The van der Waals surface area contributed by atoms with Crippen molar-refractivity contribution in [3.05, 3.63) is 70.5 Å². The molecule has 1 aliphatic heterocycles. The molecule has 0 aromatic heterocycles. The molecule has 0 saturated heterocycles. The highest BCUT2D eigenvalue weighted by molar-refractivity contribution is 6.30. The van der Waals surface area contributed by atoms with Gasteiger partial charge in [-0.15, -0.1) is 0 Å². The van der Waals surface area contributed by atoms with E-state index in [2.05, 4.69) is 0 Å². The Labute approximate surface area is 162 Å². The van der Waals surface area contributed by atoms with E-state index >= 15 is 0 Å². The Bertz CT molecular complexity index is 926. The Morgan fingerprint density at radius 3 is 2.74 bits per heavy atom. The number of hydrogen-bond acceptors (Lipinski definition) is 3. The lowest BCUT2D eigenvalue weighted by Crippen LogP contribution is -2.45. The number of rotatable bonds is 4. The van der Waals surface area contributed by atoms with Crippen LogP contribution in [0.4, 0.5) is 4.39 Å². The van der Waals surface area contributed by atoms with Gasteiger partial charge in [0.2, 0.25) is 5.91 Å². The fourth-order valence-electron chi connectivity index (χ4n) is 3.58. The zero-order valence-corrected chi connectivity index (χ0v) is 15.4. The first-order valence-corrected chi connectivity index (χ1v) is 9.33. The summed E-state index contributed by atoms with van der Waals surface area (Å²) in [5, 5.41) is 10.3. The predicted molar refractivity (Wildman–Crippen MR) is 103 cm³/mol. The van der Waals surface area contributed by atoms with Crippen LogP contribution in [0.3, 0.4) is 0 Å². The van der Waals surface area contributed by atoms with Gasteiger partial charge in [-0.3, -0.25) is 4.79 Å². The van der Waals surface area contributed by atoms with E-state index in [1.807, 2.05) is 12.1 Å². The number of amides is 1. The van der Waals surface area contributed by atoms with E-state index < -0.39 is 12.1 Å². The molecule has 2 aromatic carbocycles. The molecule has 1 fully saturated rings. The Balaban J connectivity index is 1.73. The van der Waals surface area contributed by atoms with Crippen molar-refractivity contribution in [1.29, 1.82) is 0 Å². The largest absolute Gasteiger partial charge is 0.508 e. The maximum atomic E-state index is 14.4. The Hall–Kier alpha value is -2.37. The van der Waals surface area contributed by atoms with E-state index in [9.17, 15) is 14.3 Å². The SMILES string of the molecule is N[C@H](C(=O)N1CC(c2cc(Cl)ccc2F)=C[C@H]1c1cccc(O)c1)C1CC1. The number of carbonyl (C=O) groups excluding carboxylic acids is 1. The number of hydrogen-bond donors (Lipinski definition) is 2. The van der Waals surface area contributed by atoms with Crippen LogP contribution in [-0.4, -0.2) is 28.5 Å². The second-order valence-electron chi connectivity index (χ2n) is 7.19. The molecule has 0 bridgehead atoms. The van der Waals surface area contributed by atoms with Gasteiger partial charge >= 0.3 is 0 Å². The molecular weight excluding hydrogens is 367 g/mol. The van der Waals surface area contributed by atoms with Crippen LogP contribution in [-0.2, 0) is 4.79 Å². The summed E-state index contributed by atoms with van der Waals surface area (Å²) in [5.74, 6) is -0.211. The Morgan fingerprint density at radius 2 is 2.04 bits per heavy atom. The molecule has 2 atom stereocenters. The normalized spacial score (nSPS) is 20.5. The summed E-state index contributed by atoms with van der Waals surface area (Å²) < 4.78 is 14.4. The number of halogens is 2. The van der Waals surface area contributed by atoms with Gasteiger partial charge in [0.1, 0.15) is 11.6 Å². The molecule has 27 heavy (non-hydrogen) atoms. The van der Waals surface area contributed by atoms with Gasteiger partial charge in [-0.25, -0.2) is 4.39 Å². The smallest absolute Gasteiger partial charge is 0.240 e. The monoisotopic (exact) mass is 386 g/mol. The average Bonchev–Trinajstić information content (AvgIpc) is 3.41. The second kappa shape index (κ2) is 6.98. The molecule has 0 radical (unpaired) electrons. The summed E-state index contributed by atoms with van der Waals surface area (Å²) >= 11 is 6.04. The molecule has 4 nitrogen and oxygen atoms in total. The summed E-state index contributed by atoms with van der Waals surface area (Å²) in [6.07, 6.45) is 3.77. The molecule has 2 aromatic rings. The highest BCUT2D eigenvalue weighted by Crippen LogP contribution is 2.39. The predicted octanol–water partition coefficient (Wildman–Crippen LogP) is 3.89. The first-order valence-electron chi connectivity index (χ1n) is 8.95. The summed E-state index contributed by atoms with van der Waals surface area (Å²) in [7, 11) is 0. The van der Waals surface area contributed by atoms with Crippen molar-refractivity contribution in [1.82, 2.24) is 4.90 Å². The highest BCUT2D eigenvalue weighted by Gasteiger charge is 2.40. The number of carbonyl (C=O) groups is 1. The van der Waals surface area contributed by atoms with E-state index in [4.69, 9.17) is 17.3 Å². The fraction of sp³-hybridized carbons (Fsp3) is 0.286. The minimum absolute atomic E-state index is 0.113. The van der Waals surface area contributed by atoms with Crippen LogP contribution in [0.1, 0.15) is 30.0 Å². The maximum Gasteiger partial charge on any atom is 0.240 e.